The van der Waals surface area contributed by atoms with E-state index >= 15 is 0 Å². The minimum Gasteiger partial charge on any atom is -0.360 e. The molecule has 2 atom stereocenters. The predicted molar refractivity (Wildman–Crippen MR) is 115 cm³/mol. The molecule has 1 unspecified atom stereocenters. The average molecular weight is 368 g/mol. The Labute approximate surface area is 165 Å². The van der Waals surface area contributed by atoms with E-state index in [2.05, 4.69) is 41.5 Å². The van der Waals surface area contributed by atoms with Crippen LogP contribution in [0, 0.1) is 0 Å². The zero-order valence-electron chi connectivity index (χ0n) is 15.9. The highest BCUT2D eigenvalue weighted by atomic mass is 16.1. The molecular formula is C25H24N2O. The van der Waals surface area contributed by atoms with Gasteiger partial charge in [0.15, 0.2) is 5.78 Å². The van der Waals surface area contributed by atoms with Crippen molar-refractivity contribution >= 4 is 16.7 Å². The second-order valence-corrected chi connectivity index (χ2v) is 7.18. The van der Waals surface area contributed by atoms with Crippen molar-refractivity contribution < 1.29 is 4.79 Å². The van der Waals surface area contributed by atoms with Gasteiger partial charge in [-0.1, -0.05) is 85.8 Å². The fourth-order valence-electron chi connectivity index (χ4n) is 3.63. The highest BCUT2D eigenvalue weighted by Gasteiger charge is 2.24. The molecule has 4 rings (SSSR count). The number of Topliss-reactive ketones (excluding diaryl/α,β-unsaturated/α-hetero) is 1. The largest absolute Gasteiger partial charge is 0.360 e. The fourth-order valence-corrected chi connectivity index (χ4v) is 3.63. The van der Waals surface area contributed by atoms with Gasteiger partial charge in [-0.25, -0.2) is 0 Å². The summed E-state index contributed by atoms with van der Waals surface area (Å²) in [4.78, 5) is 16.7. The van der Waals surface area contributed by atoms with Gasteiger partial charge in [-0.05, 0) is 23.1 Å². The molecule has 3 nitrogen and oxygen atoms in total. The van der Waals surface area contributed by atoms with E-state index in [0.717, 1.165) is 28.6 Å². The van der Waals surface area contributed by atoms with Gasteiger partial charge in [0.2, 0.25) is 0 Å². The normalized spacial score (nSPS) is 13.3. The van der Waals surface area contributed by atoms with Gasteiger partial charge < -0.3 is 10.3 Å². The molecule has 0 fully saturated rings. The lowest BCUT2D eigenvalue weighted by molar-refractivity contribution is 0.0944. The van der Waals surface area contributed by atoms with Crippen molar-refractivity contribution in [3.05, 3.63) is 108 Å². The van der Waals surface area contributed by atoms with Gasteiger partial charge in [0, 0.05) is 29.2 Å². The first-order valence-electron chi connectivity index (χ1n) is 9.67. The maximum absolute atomic E-state index is 13.5. The van der Waals surface area contributed by atoms with E-state index in [0.29, 0.717) is 5.92 Å². The van der Waals surface area contributed by atoms with Gasteiger partial charge in [-0.15, -0.1) is 0 Å². The molecule has 0 amide bonds. The Bertz CT molecular complexity index is 1050. The number of H-pyrrole nitrogens is 1. The predicted octanol–water partition coefficient (Wildman–Crippen LogP) is 5.49. The summed E-state index contributed by atoms with van der Waals surface area (Å²) in [5, 5.41) is 4.49. The minimum atomic E-state index is -0.383. The second kappa shape index (κ2) is 8.24. The van der Waals surface area contributed by atoms with E-state index in [1.54, 1.807) is 0 Å². The van der Waals surface area contributed by atoms with Crippen LogP contribution in [0.25, 0.3) is 10.9 Å². The molecule has 0 aliphatic carbocycles. The summed E-state index contributed by atoms with van der Waals surface area (Å²) >= 11 is 0. The van der Waals surface area contributed by atoms with Crippen molar-refractivity contribution in [2.45, 2.75) is 18.9 Å². The highest BCUT2D eigenvalue weighted by molar-refractivity contribution is 6.10. The number of para-hydroxylation sites is 1. The lowest BCUT2D eigenvalue weighted by atomic mass is 9.95. The molecule has 3 aromatic carbocycles. The summed E-state index contributed by atoms with van der Waals surface area (Å²) in [6.45, 7) is 2.90. The molecule has 4 aromatic rings. The summed E-state index contributed by atoms with van der Waals surface area (Å²) in [7, 11) is 0. The number of nitrogens with one attached hydrogen (secondary N) is 2. The Hall–Kier alpha value is -3.17. The van der Waals surface area contributed by atoms with Crippen LogP contribution in [0.3, 0.4) is 0 Å². The Morgan fingerprint density at radius 1 is 0.857 bits per heavy atom. The lowest BCUT2D eigenvalue weighted by Gasteiger charge is -2.21. The summed E-state index contributed by atoms with van der Waals surface area (Å²) < 4.78 is 0. The fraction of sp³-hybridized carbons (Fsp3) is 0.160. The van der Waals surface area contributed by atoms with Gasteiger partial charge in [-0.3, -0.25) is 4.79 Å². The summed E-state index contributed by atoms with van der Waals surface area (Å²) in [5.74, 6) is 0.395. The zero-order chi connectivity index (χ0) is 19.3. The molecule has 2 N–H and O–H groups in total. The number of hydrogen-bond acceptors (Lipinski definition) is 2. The third-order valence-corrected chi connectivity index (χ3v) is 5.25. The molecule has 0 radical (unpaired) electrons. The van der Waals surface area contributed by atoms with Gasteiger partial charge in [0.05, 0.1) is 6.04 Å². The Morgan fingerprint density at radius 3 is 2.18 bits per heavy atom. The first kappa shape index (κ1) is 18.2. The topological polar surface area (TPSA) is 44.9 Å². The van der Waals surface area contributed by atoms with Crippen LogP contribution in [-0.2, 0) is 0 Å². The number of fused-ring (bicyclic) bond motifs is 1. The van der Waals surface area contributed by atoms with Crippen molar-refractivity contribution in [1.82, 2.24) is 10.3 Å². The number of ketones is 1. The SMILES string of the molecule is CC(CN[C@@H](C(=O)c1c[nH]c2ccccc12)c1ccccc1)c1ccccc1. The van der Waals surface area contributed by atoms with E-state index in [9.17, 15) is 4.79 Å². The quantitative estimate of drug-likeness (QED) is 0.424. The van der Waals surface area contributed by atoms with Crippen LogP contribution in [0.1, 0.15) is 40.4 Å². The third-order valence-electron chi connectivity index (χ3n) is 5.25. The molecule has 1 aromatic heterocycles. The van der Waals surface area contributed by atoms with Crippen LogP contribution in [0.15, 0.2) is 91.1 Å². The number of carbonyl (C=O) groups is 1. The Kier molecular flexibility index (Phi) is 5.36. The molecule has 3 heteroatoms. The molecular weight excluding hydrogens is 344 g/mol. The van der Waals surface area contributed by atoms with Gasteiger partial charge in [-0.2, -0.15) is 0 Å². The number of carbonyl (C=O) groups excluding carboxylic acids is 1. The number of aromatic nitrogens is 1. The first-order chi connectivity index (χ1) is 13.7. The molecule has 0 spiro atoms. The number of aromatic amines is 1. The standard InChI is InChI=1S/C25H24N2O/c1-18(19-10-4-2-5-11-19)16-27-24(20-12-6-3-7-13-20)25(28)22-17-26-23-15-9-8-14-21(22)23/h2-15,17-18,24,26-27H,16H2,1H3/t18?,24-/m1/s1. The van der Waals surface area contributed by atoms with Crippen molar-refractivity contribution in [2.75, 3.05) is 6.54 Å². The lowest BCUT2D eigenvalue weighted by Crippen LogP contribution is -2.31. The molecule has 1 heterocycles. The van der Waals surface area contributed by atoms with E-state index < -0.39 is 0 Å². The van der Waals surface area contributed by atoms with Crippen LogP contribution in [0.5, 0.6) is 0 Å². The van der Waals surface area contributed by atoms with Crippen molar-refractivity contribution in [3.63, 3.8) is 0 Å². The smallest absolute Gasteiger partial charge is 0.186 e. The van der Waals surface area contributed by atoms with Crippen molar-refractivity contribution in [3.8, 4) is 0 Å². The summed E-state index contributed by atoms with van der Waals surface area (Å²) in [6.07, 6.45) is 1.82. The number of rotatable bonds is 7. The van der Waals surface area contributed by atoms with E-state index in [1.165, 1.54) is 5.56 Å². The summed E-state index contributed by atoms with van der Waals surface area (Å²) in [6, 6.07) is 27.9. The van der Waals surface area contributed by atoms with Crippen LogP contribution < -0.4 is 5.32 Å². The van der Waals surface area contributed by atoms with Crippen molar-refractivity contribution in [2.24, 2.45) is 0 Å². The van der Waals surface area contributed by atoms with E-state index in [1.807, 2.05) is 66.9 Å². The minimum absolute atomic E-state index is 0.0870. The zero-order valence-corrected chi connectivity index (χ0v) is 15.9. The van der Waals surface area contributed by atoms with Gasteiger partial charge in [0.1, 0.15) is 0 Å². The van der Waals surface area contributed by atoms with Gasteiger partial charge >= 0.3 is 0 Å². The molecule has 140 valence electrons. The van der Waals surface area contributed by atoms with E-state index in [4.69, 9.17) is 0 Å². The molecule has 0 aliphatic heterocycles. The van der Waals surface area contributed by atoms with Crippen LogP contribution in [0.2, 0.25) is 0 Å². The van der Waals surface area contributed by atoms with Crippen LogP contribution in [-0.4, -0.2) is 17.3 Å². The number of hydrogen-bond donors (Lipinski definition) is 2. The van der Waals surface area contributed by atoms with Crippen LogP contribution in [0.4, 0.5) is 0 Å². The maximum Gasteiger partial charge on any atom is 0.186 e. The molecule has 0 aliphatic rings. The van der Waals surface area contributed by atoms with E-state index in [-0.39, 0.29) is 11.8 Å². The molecule has 0 saturated carbocycles. The maximum atomic E-state index is 13.5. The monoisotopic (exact) mass is 368 g/mol. The summed E-state index contributed by atoms with van der Waals surface area (Å²) in [5.41, 5.74) is 3.96. The average Bonchev–Trinajstić information content (AvgIpc) is 3.19. The van der Waals surface area contributed by atoms with Crippen LogP contribution >= 0.6 is 0 Å². The third kappa shape index (κ3) is 3.75. The Balaban J connectivity index is 1.61. The highest BCUT2D eigenvalue weighted by Crippen LogP contribution is 2.25. The molecule has 0 saturated heterocycles. The van der Waals surface area contributed by atoms with Gasteiger partial charge in [0.25, 0.3) is 0 Å². The number of benzene rings is 3. The van der Waals surface area contributed by atoms with Crippen molar-refractivity contribution in [1.29, 1.82) is 0 Å². The molecule has 0 bridgehead atoms. The Morgan fingerprint density at radius 2 is 1.46 bits per heavy atom. The first-order valence-corrected chi connectivity index (χ1v) is 9.67. The second-order valence-electron chi connectivity index (χ2n) is 7.18. The molecule has 28 heavy (non-hydrogen) atoms.